The van der Waals surface area contributed by atoms with Crippen molar-refractivity contribution in [3.8, 4) is 45.8 Å². The Morgan fingerprint density at radius 3 is 1.02 bits per heavy atom. The molecule has 0 bridgehead atoms. The molecule has 0 amide bonds. The Hall–Kier alpha value is -6.92. The van der Waals surface area contributed by atoms with Crippen molar-refractivity contribution in [1.29, 1.82) is 0 Å². The summed E-state index contributed by atoms with van der Waals surface area (Å²) in [6, 6.07) is 55.2. The highest BCUT2D eigenvalue weighted by Gasteiger charge is 2.22. The lowest BCUT2D eigenvalue weighted by Gasteiger charge is -2.19. The molecule has 10 aromatic rings. The molecule has 0 aliphatic heterocycles. The fraction of sp³-hybridized carbons (Fsp3) is 0.154. The molecule has 6 heterocycles. The molecule has 0 N–H and O–H groups in total. The maximum Gasteiger partial charge on any atom is 0.138 e. The molecule has 0 unspecified atom stereocenters. The largest absolute Gasteiger partial charge is 0.294 e. The second-order valence-electron chi connectivity index (χ2n) is 17.2. The molecular formula is C52H44N6. The zero-order valence-electron chi connectivity index (χ0n) is 33.7. The summed E-state index contributed by atoms with van der Waals surface area (Å²) in [4.78, 5) is 20.7. The molecule has 10 rings (SSSR count). The summed E-state index contributed by atoms with van der Waals surface area (Å²) in [5.41, 5.74) is 11.9. The second-order valence-corrected chi connectivity index (χ2v) is 17.2. The van der Waals surface area contributed by atoms with Gasteiger partial charge in [-0.05, 0) is 107 Å². The van der Waals surface area contributed by atoms with Crippen LogP contribution in [0.4, 0.5) is 0 Å². The summed E-state index contributed by atoms with van der Waals surface area (Å²) in [5.74, 6) is 1.70. The number of hydrogen-bond acceptors (Lipinski definition) is 4. The normalized spacial score (nSPS) is 12.3. The number of hydrogen-bond donors (Lipinski definition) is 0. The van der Waals surface area contributed by atoms with E-state index in [0.29, 0.717) is 0 Å². The van der Waals surface area contributed by atoms with E-state index in [4.69, 9.17) is 19.9 Å². The minimum absolute atomic E-state index is 0.0293. The third-order valence-corrected chi connectivity index (χ3v) is 11.3. The number of rotatable bonds is 5. The molecule has 0 saturated heterocycles. The number of benzene rings is 4. The average Bonchev–Trinajstić information content (AvgIpc) is 3.76. The molecule has 0 saturated carbocycles. The Bertz CT molecular complexity index is 3080. The van der Waals surface area contributed by atoms with Crippen LogP contribution in [-0.4, -0.2) is 29.1 Å². The van der Waals surface area contributed by atoms with Gasteiger partial charge in [0.1, 0.15) is 11.6 Å². The topological polar surface area (TPSA) is 61.4 Å². The molecule has 0 atom stereocenters. The van der Waals surface area contributed by atoms with E-state index in [9.17, 15) is 0 Å². The maximum atomic E-state index is 5.27. The van der Waals surface area contributed by atoms with Gasteiger partial charge in [-0.3, -0.25) is 9.13 Å². The Kier molecular flexibility index (Phi) is 8.17. The van der Waals surface area contributed by atoms with Gasteiger partial charge in [0.05, 0.1) is 56.2 Å². The molecule has 0 spiro atoms. The molecule has 6 heteroatoms. The predicted octanol–water partition coefficient (Wildman–Crippen LogP) is 13.1. The summed E-state index contributed by atoms with van der Waals surface area (Å²) in [5, 5.41) is 4.88. The lowest BCUT2D eigenvalue weighted by atomic mass is 9.85. The van der Waals surface area contributed by atoms with Crippen LogP contribution in [0.3, 0.4) is 0 Å². The second kappa shape index (κ2) is 13.3. The maximum absolute atomic E-state index is 5.27. The highest BCUT2D eigenvalue weighted by atomic mass is 15.1. The molecule has 0 aliphatic rings. The molecule has 0 radical (unpaired) electrons. The van der Waals surface area contributed by atoms with Crippen molar-refractivity contribution in [3.05, 3.63) is 169 Å². The molecule has 58 heavy (non-hydrogen) atoms. The van der Waals surface area contributed by atoms with Crippen LogP contribution < -0.4 is 0 Å². The van der Waals surface area contributed by atoms with E-state index in [2.05, 4.69) is 160 Å². The molecule has 6 aromatic heterocycles. The van der Waals surface area contributed by atoms with Crippen LogP contribution in [0.1, 0.15) is 52.7 Å². The summed E-state index contributed by atoms with van der Waals surface area (Å²) in [7, 11) is 0. The van der Waals surface area contributed by atoms with Crippen LogP contribution in [0.2, 0.25) is 0 Å². The van der Waals surface area contributed by atoms with Crippen molar-refractivity contribution in [2.45, 2.75) is 52.4 Å². The third-order valence-electron chi connectivity index (χ3n) is 11.3. The quantitative estimate of drug-likeness (QED) is 0.176. The third kappa shape index (κ3) is 6.04. The van der Waals surface area contributed by atoms with Gasteiger partial charge in [0.2, 0.25) is 0 Å². The van der Waals surface area contributed by atoms with Crippen molar-refractivity contribution in [1.82, 2.24) is 29.1 Å². The van der Waals surface area contributed by atoms with Gasteiger partial charge >= 0.3 is 0 Å². The first kappa shape index (κ1) is 35.5. The first-order chi connectivity index (χ1) is 28.0. The number of nitrogens with zero attached hydrogens (tertiary/aromatic N) is 6. The van der Waals surface area contributed by atoms with Crippen molar-refractivity contribution in [2.75, 3.05) is 0 Å². The Morgan fingerprint density at radius 1 is 0.310 bits per heavy atom. The Balaban J connectivity index is 1.03. The molecule has 0 fully saturated rings. The van der Waals surface area contributed by atoms with E-state index in [1.54, 1.807) is 0 Å². The van der Waals surface area contributed by atoms with Crippen molar-refractivity contribution in [2.24, 2.45) is 0 Å². The predicted molar refractivity (Wildman–Crippen MR) is 240 cm³/mol. The van der Waals surface area contributed by atoms with E-state index in [1.165, 1.54) is 32.7 Å². The standard InChI is InChI=1S/C52H44N6/c1-51(2,3)33-27-29-47-37(31-33)38-32-34(52(4,5)6)28-30-48(38)58(47)50-26-14-22-44(56-50)42-20-12-18-40(54-42)39-17-11-19-41(53-39)43-21-13-25-49(55-43)57-45-23-9-7-15-35(45)36-16-8-10-24-46(36)57/h7-32H,1-6H3. The van der Waals surface area contributed by atoms with E-state index in [-0.39, 0.29) is 10.8 Å². The number of para-hydroxylation sites is 2. The van der Waals surface area contributed by atoms with E-state index >= 15 is 0 Å². The van der Waals surface area contributed by atoms with Gasteiger partial charge in [-0.15, -0.1) is 0 Å². The van der Waals surface area contributed by atoms with Gasteiger partial charge in [-0.1, -0.05) is 114 Å². The van der Waals surface area contributed by atoms with Crippen molar-refractivity contribution < 1.29 is 0 Å². The zero-order valence-corrected chi connectivity index (χ0v) is 33.7. The van der Waals surface area contributed by atoms with Crippen LogP contribution in [0.5, 0.6) is 0 Å². The van der Waals surface area contributed by atoms with E-state index < -0.39 is 0 Å². The minimum Gasteiger partial charge on any atom is -0.294 e. The minimum atomic E-state index is 0.0293. The molecular weight excluding hydrogens is 709 g/mol. The lowest BCUT2D eigenvalue weighted by Crippen LogP contribution is -2.10. The summed E-state index contributed by atoms with van der Waals surface area (Å²) < 4.78 is 4.53. The van der Waals surface area contributed by atoms with Gasteiger partial charge in [0.25, 0.3) is 0 Å². The lowest BCUT2D eigenvalue weighted by molar-refractivity contribution is 0.590. The average molecular weight is 753 g/mol. The number of fused-ring (bicyclic) bond motifs is 6. The van der Waals surface area contributed by atoms with E-state index in [1.807, 2.05) is 48.5 Å². The summed E-state index contributed by atoms with van der Waals surface area (Å²) >= 11 is 0. The van der Waals surface area contributed by atoms with Gasteiger partial charge in [0, 0.05) is 21.5 Å². The SMILES string of the molecule is CC(C)(C)c1ccc2c(c1)c1cc(C(C)(C)C)ccc1n2-c1cccc(-c2cccc(-c3cccc(-c4cccc(-n5c6ccccc6c6ccccc65)n4)n3)n2)n1. The first-order valence-corrected chi connectivity index (χ1v) is 20.0. The molecule has 6 nitrogen and oxygen atoms in total. The highest BCUT2D eigenvalue weighted by Crippen LogP contribution is 2.38. The number of aromatic nitrogens is 6. The van der Waals surface area contributed by atoms with Crippen LogP contribution in [0, 0.1) is 0 Å². The smallest absolute Gasteiger partial charge is 0.138 e. The van der Waals surface area contributed by atoms with Gasteiger partial charge < -0.3 is 0 Å². The monoisotopic (exact) mass is 752 g/mol. The molecule has 4 aromatic carbocycles. The van der Waals surface area contributed by atoms with Gasteiger partial charge in [0.15, 0.2) is 0 Å². The molecule has 282 valence electrons. The van der Waals surface area contributed by atoms with Gasteiger partial charge in [-0.25, -0.2) is 19.9 Å². The zero-order chi connectivity index (χ0) is 39.8. The number of pyridine rings is 4. The fourth-order valence-electron chi connectivity index (χ4n) is 8.19. The van der Waals surface area contributed by atoms with E-state index in [0.717, 1.165) is 67.9 Å². The Morgan fingerprint density at radius 2 is 0.638 bits per heavy atom. The van der Waals surface area contributed by atoms with Crippen LogP contribution in [0.15, 0.2) is 158 Å². The molecule has 0 aliphatic carbocycles. The first-order valence-electron chi connectivity index (χ1n) is 20.0. The Labute approximate surface area is 338 Å². The van der Waals surface area contributed by atoms with Crippen molar-refractivity contribution in [3.63, 3.8) is 0 Å². The highest BCUT2D eigenvalue weighted by molar-refractivity contribution is 6.10. The summed E-state index contributed by atoms with van der Waals surface area (Å²) in [6.45, 7) is 13.6. The van der Waals surface area contributed by atoms with Gasteiger partial charge in [-0.2, -0.15) is 0 Å². The fourth-order valence-corrected chi connectivity index (χ4v) is 8.19. The summed E-state index contributed by atoms with van der Waals surface area (Å²) in [6.07, 6.45) is 0. The van der Waals surface area contributed by atoms with Crippen molar-refractivity contribution >= 4 is 43.6 Å². The van der Waals surface area contributed by atoms with Crippen LogP contribution >= 0.6 is 0 Å². The van der Waals surface area contributed by atoms with Crippen LogP contribution in [-0.2, 0) is 10.8 Å². The van der Waals surface area contributed by atoms with Crippen LogP contribution in [0.25, 0.3) is 89.4 Å².